The summed E-state index contributed by atoms with van der Waals surface area (Å²) in [6.45, 7) is 6.59. The van der Waals surface area contributed by atoms with E-state index in [2.05, 4.69) is 47.0 Å². The Kier molecular flexibility index (Phi) is 3.29. The lowest BCUT2D eigenvalue weighted by atomic mass is 9.85. The molecule has 0 N–H and O–H groups in total. The van der Waals surface area contributed by atoms with Gasteiger partial charge < -0.3 is 4.90 Å². The van der Waals surface area contributed by atoms with Gasteiger partial charge in [0.05, 0.1) is 0 Å². The molecule has 6 heteroatoms. The Morgan fingerprint density at radius 2 is 1.95 bits per heavy atom. The molecule has 2 aromatic heterocycles. The van der Waals surface area contributed by atoms with Gasteiger partial charge in [0.2, 0.25) is 0 Å². The molecule has 2 aromatic rings. The summed E-state index contributed by atoms with van der Waals surface area (Å²) in [5, 5.41) is 13.4. The summed E-state index contributed by atoms with van der Waals surface area (Å²) in [4.78, 5) is 4.78. The van der Waals surface area contributed by atoms with E-state index >= 15 is 0 Å². The Hall–Kier alpha value is -1.69. The van der Waals surface area contributed by atoms with Gasteiger partial charge in [-0.15, -0.1) is 15.3 Å². The van der Waals surface area contributed by atoms with Crippen molar-refractivity contribution in [2.45, 2.75) is 51.1 Å². The fourth-order valence-corrected chi connectivity index (χ4v) is 3.21. The van der Waals surface area contributed by atoms with Crippen LogP contribution in [-0.2, 0) is 0 Å². The van der Waals surface area contributed by atoms with Crippen LogP contribution in [0.25, 0.3) is 5.65 Å². The van der Waals surface area contributed by atoms with E-state index in [0.717, 1.165) is 30.4 Å². The lowest BCUT2D eigenvalue weighted by Gasteiger charge is -2.46. The van der Waals surface area contributed by atoms with Gasteiger partial charge >= 0.3 is 0 Å². The molecule has 0 aromatic carbocycles. The number of likely N-dealkylation sites (N-methyl/N-ethyl adjacent to an activating group) is 1. The zero-order valence-corrected chi connectivity index (χ0v) is 13.6. The Morgan fingerprint density at radius 1 is 1.18 bits per heavy atom. The van der Waals surface area contributed by atoms with Crippen LogP contribution < -0.4 is 4.90 Å². The third-order valence-corrected chi connectivity index (χ3v) is 5.32. The minimum Gasteiger partial charge on any atom is -0.352 e. The SMILES string of the molecule is CC(C)N(C)C1CN(c2ccc3nnc(C4CCC4)n3n2)C1. The third kappa shape index (κ3) is 2.17. The second kappa shape index (κ2) is 5.19. The lowest BCUT2D eigenvalue weighted by molar-refractivity contribution is 0.165. The van der Waals surface area contributed by atoms with E-state index in [1.807, 2.05) is 10.6 Å². The molecule has 3 heterocycles. The minimum atomic E-state index is 0.550. The van der Waals surface area contributed by atoms with Crippen molar-refractivity contribution in [3.05, 3.63) is 18.0 Å². The maximum atomic E-state index is 4.80. The Balaban J connectivity index is 1.53. The van der Waals surface area contributed by atoms with Crippen molar-refractivity contribution in [1.29, 1.82) is 0 Å². The molecule has 2 aliphatic rings. The molecule has 22 heavy (non-hydrogen) atoms. The number of anilines is 1. The summed E-state index contributed by atoms with van der Waals surface area (Å²) in [7, 11) is 2.21. The Labute approximate surface area is 131 Å². The number of rotatable bonds is 4. The van der Waals surface area contributed by atoms with Crippen LogP contribution in [0.4, 0.5) is 5.82 Å². The first-order valence-corrected chi connectivity index (χ1v) is 8.32. The van der Waals surface area contributed by atoms with Crippen molar-refractivity contribution in [1.82, 2.24) is 24.7 Å². The third-order valence-electron chi connectivity index (χ3n) is 5.32. The Bertz CT molecular complexity index is 668. The molecule has 0 bridgehead atoms. The van der Waals surface area contributed by atoms with E-state index in [4.69, 9.17) is 5.10 Å². The van der Waals surface area contributed by atoms with Gasteiger partial charge in [-0.25, -0.2) is 0 Å². The van der Waals surface area contributed by atoms with Crippen LogP contribution in [0.15, 0.2) is 12.1 Å². The highest BCUT2D eigenvalue weighted by atomic mass is 15.4. The maximum absolute atomic E-state index is 4.80. The molecule has 6 nitrogen and oxygen atoms in total. The van der Waals surface area contributed by atoms with Gasteiger partial charge in [-0.3, -0.25) is 4.90 Å². The van der Waals surface area contributed by atoms with Gasteiger partial charge in [0.25, 0.3) is 0 Å². The van der Waals surface area contributed by atoms with Crippen LogP contribution in [-0.4, -0.2) is 56.9 Å². The molecule has 2 fully saturated rings. The van der Waals surface area contributed by atoms with Crippen molar-refractivity contribution in [3.8, 4) is 0 Å². The molecular weight excluding hydrogens is 276 g/mol. The highest BCUT2D eigenvalue weighted by Gasteiger charge is 2.32. The van der Waals surface area contributed by atoms with Gasteiger partial charge in [0.1, 0.15) is 5.82 Å². The number of aromatic nitrogens is 4. The summed E-state index contributed by atoms with van der Waals surface area (Å²) < 4.78 is 1.96. The van der Waals surface area contributed by atoms with Gasteiger partial charge in [0.15, 0.2) is 11.5 Å². The highest BCUT2D eigenvalue weighted by Crippen LogP contribution is 2.35. The summed E-state index contributed by atoms with van der Waals surface area (Å²) >= 11 is 0. The fraction of sp³-hybridized carbons (Fsp3) is 0.688. The van der Waals surface area contributed by atoms with E-state index in [9.17, 15) is 0 Å². The highest BCUT2D eigenvalue weighted by molar-refractivity contribution is 5.48. The monoisotopic (exact) mass is 300 g/mol. The summed E-state index contributed by atoms with van der Waals surface area (Å²) in [6, 6.07) is 5.33. The molecule has 0 radical (unpaired) electrons. The fourth-order valence-electron chi connectivity index (χ4n) is 3.21. The topological polar surface area (TPSA) is 49.6 Å². The van der Waals surface area contributed by atoms with E-state index in [1.54, 1.807) is 0 Å². The van der Waals surface area contributed by atoms with Crippen molar-refractivity contribution < 1.29 is 0 Å². The summed E-state index contributed by atoms with van der Waals surface area (Å²) in [6.07, 6.45) is 3.74. The number of hydrogen-bond acceptors (Lipinski definition) is 5. The van der Waals surface area contributed by atoms with E-state index < -0.39 is 0 Å². The molecule has 0 spiro atoms. The standard InChI is InChI=1S/C16H24N6/c1-11(2)20(3)13-9-21(10-13)15-8-7-14-17-18-16(22(14)19-15)12-5-4-6-12/h7-8,11-13H,4-6,9-10H2,1-3H3. The van der Waals surface area contributed by atoms with E-state index in [1.165, 1.54) is 19.3 Å². The van der Waals surface area contributed by atoms with Crippen molar-refractivity contribution >= 4 is 11.5 Å². The van der Waals surface area contributed by atoms with E-state index in [-0.39, 0.29) is 0 Å². The molecule has 1 saturated carbocycles. The van der Waals surface area contributed by atoms with Crippen LogP contribution in [0.5, 0.6) is 0 Å². The molecule has 0 amide bonds. The maximum Gasteiger partial charge on any atom is 0.178 e. The number of hydrogen-bond donors (Lipinski definition) is 0. The van der Waals surface area contributed by atoms with Crippen molar-refractivity contribution in [2.24, 2.45) is 0 Å². The van der Waals surface area contributed by atoms with Crippen molar-refractivity contribution in [2.75, 3.05) is 25.0 Å². The molecule has 1 aliphatic heterocycles. The number of nitrogens with zero attached hydrogens (tertiary/aromatic N) is 6. The average Bonchev–Trinajstić information content (AvgIpc) is 2.78. The largest absolute Gasteiger partial charge is 0.352 e. The predicted molar refractivity (Wildman–Crippen MR) is 86.3 cm³/mol. The van der Waals surface area contributed by atoms with Gasteiger partial charge in [-0.05, 0) is 45.9 Å². The number of fused-ring (bicyclic) bond motifs is 1. The van der Waals surface area contributed by atoms with Crippen LogP contribution in [0.1, 0.15) is 44.9 Å². The van der Waals surface area contributed by atoms with Gasteiger partial charge in [-0.2, -0.15) is 4.52 Å². The van der Waals surface area contributed by atoms with E-state index in [0.29, 0.717) is 18.0 Å². The van der Waals surface area contributed by atoms with Gasteiger partial charge in [-0.1, -0.05) is 6.42 Å². The predicted octanol–water partition coefficient (Wildman–Crippen LogP) is 1.92. The molecule has 0 atom stereocenters. The van der Waals surface area contributed by atoms with Crippen LogP contribution in [0.3, 0.4) is 0 Å². The zero-order valence-electron chi connectivity index (χ0n) is 13.6. The second-order valence-electron chi connectivity index (χ2n) is 6.97. The Morgan fingerprint density at radius 3 is 2.59 bits per heavy atom. The average molecular weight is 300 g/mol. The summed E-state index contributed by atoms with van der Waals surface area (Å²) in [5.41, 5.74) is 0.863. The molecule has 118 valence electrons. The first kappa shape index (κ1) is 13.9. The normalized spacial score (nSPS) is 20.0. The smallest absolute Gasteiger partial charge is 0.178 e. The molecule has 1 saturated heterocycles. The van der Waals surface area contributed by atoms with Crippen LogP contribution in [0, 0.1) is 0 Å². The first-order chi connectivity index (χ1) is 10.6. The molecule has 4 rings (SSSR count). The van der Waals surface area contributed by atoms with Crippen molar-refractivity contribution in [3.63, 3.8) is 0 Å². The second-order valence-corrected chi connectivity index (χ2v) is 6.97. The molecule has 1 aliphatic carbocycles. The van der Waals surface area contributed by atoms with Crippen LogP contribution in [0.2, 0.25) is 0 Å². The van der Waals surface area contributed by atoms with Crippen LogP contribution >= 0.6 is 0 Å². The quantitative estimate of drug-likeness (QED) is 0.863. The lowest BCUT2D eigenvalue weighted by Crippen LogP contribution is -2.60. The summed E-state index contributed by atoms with van der Waals surface area (Å²) in [5.74, 6) is 2.63. The minimum absolute atomic E-state index is 0.550. The molecule has 0 unspecified atom stereocenters. The van der Waals surface area contributed by atoms with Gasteiger partial charge in [0, 0.05) is 31.1 Å². The first-order valence-electron chi connectivity index (χ1n) is 8.32. The zero-order chi connectivity index (χ0) is 15.3. The molecular formula is C16H24N6.